The van der Waals surface area contributed by atoms with Gasteiger partial charge in [-0.3, -0.25) is 19.2 Å². The lowest BCUT2D eigenvalue weighted by Crippen LogP contribution is -2.38. The molecule has 1 aliphatic rings. The number of hydrogen-bond acceptors (Lipinski definition) is 5. The predicted molar refractivity (Wildman–Crippen MR) is 70.2 cm³/mol. The van der Waals surface area contributed by atoms with Crippen LogP contribution in [0.3, 0.4) is 0 Å². The third-order valence-electron chi connectivity index (χ3n) is 3.22. The number of carbonyl (C=O) groups is 1. The smallest absolute Gasteiger partial charge is 0.342 e. The van der Waals surface area contributed by atoms with Gasteiger partial charge in [-0.2, -0.15) is 0 Å². The van der Waals surface area contributed by atoms with E-state index >= 15 is 0 Å². The number of aromatic nitrogens is 2. The average molecular weight is 283 g/mol. The third-order valence-corrected chi connectivity index (χ3v) is 3.22. The van der Waals surface area contributed by atoms with Gasteiger partial charge in [0.15, 0.2) is 0 Å². The second-order valence-electron chi connectivity index (χ2n) is 4.61. The first-order valence-electron chi connectivity index (χ1n) is 6.45. The third kappa shape index (κ3) is 3.55. The van der Waals surface area contributed by atoms with Crippen molar-refractivity contribution in [3.05, 3.63) is 32.6 Å². The van der Waals surface area contributed by atoms with Crippen LogP contribution in [0, 0.1) is 0 Å². The lowest BCUT2D eigenvalue weighted by Gasteiger charge is -2.26. The summed E-state index contributed by atoms with van der Waals surface area (Å²) in [5.74, 6) is -1.34. The van der Waals surface area contributed by atoms with Gasteiger partial charge in [0.25, 0.3) is 5.56 Å². The van der Waals surface area contributed by atoms with Gasteiger partial charge in [0.05, 0.1) is 13.2 Å². The Morgan fingerprint density at radius 3 is 2.65 bits per heavy atom. The van der Waals surface area contributed by atoms with Crippen molar-refractivity contribution in [1.29, 1.82) is 0 Å². The van der Waals surface area contributed by atoms with Crippen LogP contribution in [0.15, 0.2) is 15.8 Å². The van der Waals surface area contributed by atoms with Crippen LogP contribution in [0.25, 0.3) is 0 Å². The van der Waals surface area contributed by atoms with Crippen molar-refractivity contribution in [3.63, 3.8) is 0 Å². The first kappa shape index (κ1) is 14.5. The van der Waals surface area contributed by atoms with Crippen molar-refractivity contribution in [2.75, 3.05) is 32.8 Å². The van der Waals surface area contributed by atoms with E-state index < -0.39 is 22.8 Å². The Hall–Kier alpha value is -1.93. The van der Waals surface area contributed by atoms with E-state index in [0.29, 0.717) is 26.2 Å². The minimum atomic E-state index is -1.34. The van der Waals surface area contributed by atoms with E-state index in [-0.39, 0.29) is 0 Å². The maximum absolute atomic E-state index is 11.6. The molecule has 2 N–H and O–H groups in total. The fourth-order valence-electron chi connectivity index (χ4n) is 2.12. The van der Waals surface area contributed by atoms with E-state index in [1.54, 1.807) is 0 Å². The van der Waals surface area contributed by atoms with Crippen molar-refractivity contribution < 1.29 is 14.6 Å². The Morgan fingerprint density at radius 2 is 2.00 bits per heavy atom. The van der Waals surface area contributed by atoms with E-state index in [0.717, 1.165) is 25.8 Å². The Labute approximate surface area is 114 Å². The van der Waals surface area contributed by atoms with Crippen LogP contribution in [0.4, 0.5) is 0 Å². The van der Waals surface area contributed by atoms with Gasteiger partial charge in [-0.15, -0.1) is 0 Å². The minimum absolute atomic E-state index is 0.368. The molecule has 0 aromatic carbocycles. The molecular formula is C12H17N3O5. The molecule has 8 nitrogen and oxygen atoms in total. The Kier molecular flexibility index (Phi) is 4.70. The van der Waals surface area contributed by atoms with Gasteiger partial charge in [0.2, 0.25) is 0 Å². The van der Waals surface area contributed by atoms with Gasteiger partial charge < -0.3 is 9.84 Å². The van der Waals surface area contributed by atoms with E-state index in [2.05, 4.69) is 4.90 Å². The van der Waals surface area contributed by atoms with Gasteiger partial charge in [-0.25, -0.2) is 9.59 Å². The number of carboxylic acids is 1. The van der Waals surface area contributed by atoms with E-state index in [9.17, 15) is 14.4 Å². The highest BCUT2D eigenvalue weighted by Crippen LogP contribution is 1.99. The fraction of sp³-hybridized carbons (Fsp3) is 0.583. The summed E-state index contributed by atoms with van der Waals surface area (Å²) < 4.78 is 6.46. The highest BCUT2D eigenvalue weighted by molar-refractivity contribution is 5.86. The predicted octanol–water partition coefficient (Wildman–Crippen LogP) is -1.04. The standard InChI is InChI=1S/C12H17N3O5/c16-10-9(11(17)18)8-15(12(19)13-10)3-1-2-14-4-6-20-7-5-14/h8H,1-7H2,(H,17,18)(H,13,16,19). The first-order valence-corrected chi connectivity index (χ1v) is 6.45. The number of aromatic carboxylic acids is 1. The molecule has 0 unspecified atom stereocenters. The molecule has 0 spiro atoms. The second kappa shape index (κ2) is 6.49. The van der Waals surface area contributed by atoms with Crippen molar-refractivity contribution in [3.8, 4) is 0 Å². The summed E-state index contributed by atoms with van der Waals surface area (Å²) in [6, 6.07) is 0. The van der Waals surface area contributed by atoms with Crippen LogP contribution >= 0.6 is 0 Å². The summed E-state index contributed by atoms with van der Waals surface area (Å²) in [6.45, 7) is 4.32. The van der Waals surface area contributed by atoms with Crippen LogP contribution in [0.2, 0.25) is 0 Å². The second-order valence-corrected chi connectivity index (χ2v) is 4.61. The van der Waals surface area contributed by atoms with E-state index in [1.807, 2.05) is 4.98 Å². The minimum Gasteiger partial charge on any atom is -0.477 e. The number of H-pyrrole nitrogens is 1. The van der Waals surface area contributed by atoms with Crippen molar-refractivity contribution in [2.45, 2.75) is 13.0 Å². The molecule has 1 aromatic heterocycles. The molecule has 0 saturated carbocycles. The molecular weight excluding hydrogens is 266 g/mol. The van der Waals surface area contributed by atoms with Gasteiger partial charge in [0, 0.05) is 32.4 Å². The Bertz CT molecular complexity index is 585. The number of rotatable bonds is 5. The van der Waals surface area contributed by atoms with Crippen molar-refractivity contribution in [1.82, 2.24) is 14.5 Å². The maximum atomic E-state index is 11.6. The van der Waals surface area contributed by atoms with Crippen LogP contribution < -0.4 is 11.2 Å². The van der Waals surface area contributed by atoms with Gasteiger partial charge in [-0.05, 0) is 6.42 Å². The highest BCUT2D eigenvalue weighted by Gasteiger charge is 2.12. The topological polar surface area (TPSA) is 105 Å². The molecule has 0 bridgehead atoms. The molecule has 0 aliphatic carbocycles. The zero-order valence-corrected chi connectivity index (χ0v) is 11.0. The largest absolute Gasteiger partial charge is 0.477 e. The number of nitrogens with zero attached hydrogens (tertiary/aromatic N) is 2. The summed E-state index contributed by atoms with van der Waals surface area (Å²) >= 11 is 0. The molecule has 1 aromatic rings. The van der Waals surface area contributed by atoms with Gasteiger partial charge in [0.1, 0.15) is 5.56 Å². The Morgan fingerprint density at radius 1 is 1.30 bits per heavy atom. The summed E-state index contributed by atoms with van der Waals surface area (Å²) in [5.41, 5.74) is -1.87. The average Bonchev–Trinajstić information content (AvgIpc) is 2.42. The molecule has 20 heavy (non-hydrogen) atoms. The number of hydrogen-bond donors (Lipinski definition) is 2. The molecule has 2 heterocycles. The first-order chi connectivity index (χ1) is 9.58. The maximum Gasteiger partial charge on any atom is 0.342 e. The summed E-state index contributed by atoms with van der Waals surface area (Å²) in [6.07, 6.45) is 1.80. The van der Waals surface area contributed by atoms with Gasteiger partial charge in [-0.1, -0.05) is 0 Å². The molecule has 1 aliphatic heterocycles. The van der Waals surface area contributed by atoms with Crippen molar-refractivity contribution >= 4 is 5.97 Å². The number of morpholine rings is 1. The molecule has 0 radical (unpaired) electrons. The monoisotopic (exact) mass is 283 g/mol. The fourth-order valence-corrected chi connectivity index (χ4v) is 2.12. The summed E-state index contributed by atoms with van der Waals surface area (Å²) in [7, 11) is 0. The van der Waals surface area contributed by atoms with Crippen LogP contribution in [-0.2, 0) is 11.3 Å². The summed E-state index contributed by atoms with van der Waals surface area (Å²) in [4.78, 5) is 37.9. The van der Waals surface area contributed by atoms with Crippen LogP contribution in [0.5, 0.6) is 0 Å². The van der Waals surface area contributed by atoms with Gasteiger partial charge >= 0.3 is 11.7 Å². The molecule has 1 saturated heterocycles. The van der Waals surface area contributed by atoms with Crippen molar-refractivity contribution in [2.24, 2.45) is 0 Å². The van der Waals surface area contributed by atoms with Crippen LogP contribution in [0.1, 0.15) is 16.8 Å². The van der Waals surface area contributed by atoms with Crippen LogP contribution in [-0.4, -0.2) is 58.4 Å². The molecule has 1 fully saturated rings. The number of aromatic amines is 1. The highest BCUT2D eigenvalue weighted by atomic mass is 16.5. The molecule has 110 valence electrons. The lowest BCUT2D eigenvalue weighted by molar-refractivity contribution is 0.0369. The molecule has 8 heteroatoms. The van der Waals surface area contributed by atoms with E-state index in [1.165, 1.54) is 4.57 Å². The molecule has 2 rings (SSSR count). The number of nitrogens with one attached hydrogen (secondary N) is 1. The number of ether oxygens (including phenoxy) is 1. The number of carboxylic acid groups (broad SMARTS) is 1. The van der Waals surface area contributed by atoms with E-state index in [4.69, 9.17) is 9.84 Å². The zero-order chi connectivity index (χ0) is 14.5. The molecule has 0 atom stereocenters. The molecule has 0 amide bonds. The lowest BCUT2D eigenvalue weighted by atomic mass is 10.3. The Balaban J connectivity index is 1.98. The quantitative estimate of drug-likeness (QED) is 0.715. The zero-order valence-electron chi connectivity index (χ0n) is 11.0. The SMILES string of the molecule is O=C(O)c1cn(CCCN2CCOCC2)c(=O)[nH]c1=O. The number of aryl methyl sites for hydroxylation is 1. The summed E-state index contributed by atoms with van der Waals surface area (Å²) in [5, 5.41) is 8.85. The normalized spacial score (nSPS) is 16.2.